The fraction of sp³-hybridized carbons (Fsp3) is 0.625. The molecule has 19 heavy (non-hydrogen) atoms. The Hall–Kier alpha value is -0.240. The van der Waals surface area contributed by atoms with Crippen LogP contribution in [0.4, 0.5) is 0 Å². The van der Waals surface area contributed by atoms with Crippen LogP contribution in [-0.4, -0.2) is 17.6 Å². The molecule has 0 radical (unpaired) electrons. The minimum absolute atomic E-state index is 0.0337. The summed E-state index contributed by atoms with van der Waals surface area (Å²) < 4.78 is 6.06. The molecule has 2 unspecified atom stereocenters. The second-order valence-electron chi connectivity index (χ2n) is 6.09. The van der Waals surface area contributed by atoms with E-state index in [9.17, 15) is 0 Å². The third-order valence-electron chi connectivity index (χ3n) is 3.83. The summed E-state index contributed by atoms with van der Waals surface area (Å²) >= 11 is 12.3. The number of hydrogen-bond acceptors (Lipinski definition) is 1. The molecule has 1 heterocycles. The lowest BCUT2D eigenvalue weighted by atomic mass is 9.94. The van der Waals surface area contributed by atoms with Gasteiger partial charge in [0.25, 0.3) is 0 Å². The summed E-state index contributed by atoms with van der Waals surface area (Å²) in [6.07, 6.45) is 4.59. The van der Waals surface area contributed by atoms with Crippen LogP contribution in [0.2, 0.25) is 5.02 Å². The van der Waals surface area contributed by atoms with Crippen molar-refractivity contribution in [1.82, 2.24) is 0 Å². The van der Waals surface area contributed by atoms with Crippen molar-refractivity contribution in [3.05, 3.63) is 34.9 Å². The van der Waals surface area contributed by atoms with Crippen LogP contribution < -0.4 is 0 Å². The van der Waals surface area contributed by atoms with Gasteiger partial charge in [-0.05, 0) is 57.1 Å². The second-order valence-corrected chi connectivity index (χ2v) is 6.81. The third-order valence-corrected chi connectivity index (χ3v) is 4.64. The SMILES string of the molecule is CC1(C)CCC(CC(CCl)Cc2ccccc2Cl)O1. The smallest absolute Gasteiger partial charge is 0.0631 e. The molecule has 106 valence electrons. The summed E-state index contributed by atoms with van der Waals surface area (Å²) in [5, 5.41) is 0.838. The van der Waals surface area contributed by atoms with Crippen molar-refractivity contribution in [2.75, 3.05) is 5.88 Å². The molecule has 1 aliphatic rings. The Morgan fingerprint density at radius 3 is 2.68 bits per heavy atom. The van der Waals surface area contributed by atoms with Gasteiger partial charge in [0, 0.05) is 10.9 Å². The fourth-order valence-corrected chi connectivity index (χ4v) is 3.24. The summed E-state index contributed by atoms with van der Waals surface area (Å²) in [7, 11) is 0. The highest BCUT2D eigenvalue weighted by Gasteiger charge is 2.32. The molecule has 1 nitrogen and oxygen atoms in total. The zero-order chi connectivity index (χ0) is 13.9. The molecule has 3 heteroatoms. The van der Waals surface area contributed by atoms with E-state index in [1.54, 1.807) is 0 Å². The molecule has 1 fully saturated rings. The molecule has 0 N–H and O–H groups in total. The molecule has 0 bridgehead atoms. The fourth-order valence-electron chi connectivity index (χ4n) is 2.79. The highest BCUT2D eigenvalue weighted by Crippen LogP contribution is 2.33. The van der Waals surface area contributed by atoms with Crippen molar-refractivity contribution in [3.8, 4) is 0 Å². The van der Waals surface area contributed by atoms with Crippen LogP contribution in [0.15, 0.2) is 24.3 Å². The first-order chi connectivity index (χ1) is 9.00. The van der Waals surface area contributed by atoms with Gasteiger partial charge in [-0.25, -0.2) is 0 Å². The van der Waals surface area contributed by atoms with Crippen molar-refractivity contribution in [1.29, 1.82) is 0 Å². The summed E-state index contributed by atoms with van der Waals surface area (Å²) in [5.41, 5.74) is 1.22. The van der Waals surface area contributed by atoms with Gasteiger partial charge in [0.1, 0.15) is 0 Å². The van der Waals surface area contributed by atoms with Crippen molar-refractivity contribution in [2.24, 2.45) is 5.92 Å². The van der Waals surface area contributed by atoms with E-state index < -0.39 is 0 Å². The number of hydrogen-bond donors (Lipinski definition) is 0. The van der Waals surface area contributed by atoms with E-state index in [0.717, 1.165) is 30.7 Å². The van der Waals surface area contributed by atoms with Gasteiger partial charge in [0.15, 0.2) is 0 Å². The third kappa shape index (κ3) is 4.37. The van der Waals surface area contributed by atoms with Gasteiger partial charge in [-0.1, -0.05) is 29.8 Å². The Balaban J connectivity index is 1.93. The lowest BCUT2D eigenvalue weighted by Crippen LogP contribution is -2.22. The predicted molar refractivity (Wildman–Crippen MR) is 82.2 cm³/mol. The molecule has 1 saturated heterocycles. The van der Waals surface area contributed by atoms with Gasteiger partial charge in [0.2, 0.25) is 0 Å². The van der Waals surface area contributed by atoms with Gasteiger partial charge >= 0.3 is 0 Å². The molecular weight excluding hydrogens is 279 g/mol. The van der Waals surface area contributed by atoms with E-state index in [1.807, 2.05) is 18.2 Å². The second kappa shape index (κ2) is 6.47. The maximum Gasteiger partial charge on any atom is 0.0631 e. The van der Waals surface area contributed by atoms with Crippen molar-refractivity contribution in [3.63, 3.8) is 0 Å². The first kappa shape index (κ1) is 15.2. The Bertz CT molecular complexity index is 417. The van der Waals surface area contributed by atoms with E-state index in [1.165, 1.54) is 5.56 Å². The van der Waals surface area contributed by atoms with E-state index >= 15 is 0 Å². The molecule has 0 aliphatic carbocycles. The molecule has 1 aromatic carbocycles. The van der Waals surface area contributed by atoms with Crippen LogP contribution in [-0.2, 0) is 11.2 Å². The first-order valence-electron chi connectivity index (χ1n) is 6.97. The van der Waals surface area contributed by atoms with Crippen LogP contribution >= 0.6 is 23.2 Å². The van der Waals surface area contributed by atoms with Crippen LogP contribution in [0, 0.1) is 5.92 Å². The standard InChI is InChI=1S/C16H22Cl2O/c1-16(2)8-7-14(19-16)10-12(11-17)9-13-5-3-4-6-15(13)18/h3-6,12,14H,7-11H2,1-2H3. The zero-order valence-electron chi connectivity index (χ0n) is 11.7. The normalized spacial score (nSPS) is 23.5. The van der Waals surface area contributed by atoms with Crippen LogP contribution in [0.3, 0.4) is 0 Å². The molecule has 2 atom stereocenters. The number of ether oxygens (including phenoxy) is 1. The summed E-state index contributed by atoms with van der Waals surface area (Å²) in [5.74, 6) is 1.09. The average molecular weight is 301 g/mol. The number of rotatable bonds is 5. The molecule has 0 spiro atoms. The monoisotopic (exact) mass is 300 g/mol. The Labute approximate surface area is 126 Å². The maximum atomic E-state index is 6.21. The van der Waals surface area contributed by atoms with Gasteiger partial charge < -0.3 is 4.74 Å². The summed E-state index contributed by atoms with van der Waals surface area (Å²) in [6, 6.07) is 8.02. The van der Waals surface area contributed by atoms with Crippen molar-refractivity contribution >= 4 is 23.2 Å². The number of benzene rings is 1. The summed E-state index contributed by atoms with van der Waals surface area (Å²) in [4.78, 5) is 0. The average Bonchev–Trinajstić information content (AvgIpc) is 2.70. The van der Waals surface area contributed by atoms with Crippen molar-refractivity contribution in [2.45, 2.75) is 51.2 Å². The Kier molecular flexibility index (Phi) is 5.16. The Morgan fingerprint density at radius 2 is 2.11 bits per heavy atom. The largest absolute Gasteiger partial charge is 0.372 e. The topological polar surface area (TPSA) is 9.23 Å². The molecule has 2 rings (SSSR count). The van der Waals surface area contributed by atoms with Crippen LogP contribution in [0.1, 0.15) is 38.7 Å². The highest BCUT2D eigenvalue weighted by molar-refractivity contribution is 6.31. The minimum atomic E-state index is 0.0337. The van der Waals surface area contributed by atoms with Crippen LogP contribution in [0.25, 0.3) is 0 Å². The number of alkyl halides is 1. The molecule has 0 amide bonds. The molecular formula is C16H22Cl2O. The van der Waals surface area contributed by atoms with Gasteiger partial charge in [-0.15, -0.1) is 11.6 Å². The van der Waals surface area contributed by atoms with E-state index in [4.69, 9.17) is 27.9 Å². The lowest BCUT2D eigenvalue weighted by Gasteiger charge is -2.22. The molecule has 0 aromatic heterocycles. The molecule has 1 aromatic rings. The van der Waals surface area contributed by atoms with Crippen molar-refractivity contribution < 1.29 is 4.74 Å². The lowest BCUT2D eigenvalue weighted by molar-refractivity contribution is -0.0234. The quantitative estimate of drug-likeness (QED) is 0.689. The van der Waals surface area contributed by atoms with E-state index in [2.05, 4.69) is 19.9 Å². The van der Waals surface area contributed by atoms with Crippen LogP contribution in [0.5, 0.6) is 0 Å². The predicted octanol–water partition coefficient (Wildman–Crippen LogP) is 5.09. The zero-order valence-corrected chi connectivity index (χ0v) is 13.2. The van der Waals surface area contributed by atoms with E-state index in [-0.39, 0.29) is 5.60 Å². The number of halogens is 2. The maximum absolute atomic E-state index is 6.21. The first-order valence-corrected chi connectivity index (χ1v) is 7.88. The van der Waals surface area contributed by atoms with E-state index in [0.29, 0.717) is 17.9 Å². The molecule has 0 saturated carbocycles. The van der Waals surface area contributed by atoms with Gasteiger partial charge in [0.05, 0.1) is 11.7 Å². The Morgan fingerprint density at radius 1 is 1.37 bits per heavy atom. The highest BCUT2D eigenvalue weighted by atomic mass is 35.5. The summed E-state index contributed by atoms with van der Waals surface area (Å²) in [6.45, 7) is 4.33. The van der Waals surface area contributed by atoms with Gasteiger partial charge in [-0.3, -0.25) is 0 Å². The van der Waals surface area contributed by atoms with Gasteiger partial charge in [-0.2, -0.15) is 0 Å². The minimum Gasteiger partial charge on any atom is -0.372 e. The molecule has 1 aliphatic heterocycles.